The molecule has 1 heterocycles. The van der Waals surface area contributed by atoms with Crippen molar-refractivity contribution in [1.82, 2.24) is 0 Å². The number of carbonyl (C=O) groups excluding carboxylic acids is 2. The van der Waals surface area contributed by atoms with E-state index in [1.165, 1.54) is 53.4 Å². The maximum atomic E-state index is 13.6. The van der Waals surface area contributed by atoms with E-state index in [0.717, 1.165) is 6.29 Å². The van der Waals surface area contributed by atoms with Gasteiger partial charge in [-0.05, 0) is 36.4 Å². The Kier molecular flexibility index (Phi) is 7.98. The Morgan fingerprint density at radius 1 is 1.07 bits per heavy atom. The van der Waals surface area contributed by atoms with Crippen molar-refractivity contribution in [2.45, 2.75) is 4.90 Å². The largest absolute Gasteiger partial charge is 0.398 e. The van der Waals surface area contributed by atoms with Crippen molar-refractivity contribution in [1.29, 1.82) is 0 Å². The van der Waals surface area contributed by atoms with Crippen LogP contribution in [0.5, 0.6) is 0 Å². The zero-order chi connectivity index (χ0) is 20.7. The molecule has 0 atom stereocenters. The van der Waals surface area contributed by atoms with Crippen molar-refractivity contribution in [3.63, 3.8) is 0 Å². The van der Waals surface area contributed by atoms with Gasteiger partial charge in [0.15, 0.2) is 6.29 Å². The molecule has 0 spiro atoms. The molecule has 0 bridgehead atoms. The van der Waals surface area contributed by atoms with Crippen LogP contribution in [0.3, 0.4) is 0 Å². The molecule has 2 aromatic carbocycles. The average molecular weight is 441 g/mol. The standard InChI is InChI=1S/C11H7ClFNOS.C8H8FNOS/c12-6-1-2-7(10(13)3-6)9-5-16-11(14)8(9)4-15;9-6-1-2-7(10)8(5-6)12-4-3-11/h1-5H,14H2;1-3,5H,4,10H2. The molecule has 4 nitrogen and oxygen atoms in total. The molecule has 28 heavy (non-hydrogen) atoms. The zero-order valence-corrected chi connectivity index (χ0v) is 16.7. The highest BCUT2D eigenvalue weighted by atomic mass is 35.5. The zero-order valence-electron chi connectivity index (χ0n) is 14.3. The summed E-state index contributed by atoms with van der Waals surface area (Å²) in [5.74, 6) is -0.501. The van der Waals surface area contributed by atoms with Crippen LogP contribution in [-0.2, 0) is 4.79 Å². The lowest BCUT2D eigenvalue weighted by molar-refractivity contribution is -0.105. The number of benzene rings is 2. The van der Waals surface area contributed by atoms with E-state index in [2.05, 4.69) is 0 Å². The molecule has 0 saturated carbocycles. The van der Waals surface area contributed by atoms with E-state index in [1.54, 1.807) is 11.4 Å². The lowest BCUT2D eigenvalue weighted by Gasteiger charge is -2.02. The van der Waals surface area contributed by atoms with Gasteiger partial charge in [-0.25, -0.2) is 8.78 Å². The number of rotatable bonds is 5. The molecule has 9 heteroatoms. The van der Waals surface area contributed by atoms with Crippen LogP contribution in [0.1, 0.15) is 10.4 Å². The summed E-state index contributed by atoms with van der Waals surface area (Å²) in [6.07, 6.45) is 1.39. The van der Waals surface area contributed by atoms with Crippen molar-refractivity contribution in [3.05, 3.63) is 64.0 Å². The number of hydrogen-bond acceptors (Lipinski definition) is 6. The molecule has 0 saturated heterocycles. The molecule has 0 unspecified atom stereocenters. The fourth-order valence-electron chi connectivity index (χ4n) is 2.18. The second kappa shape index (κ2) is 10.2. The first kappa shape index (κ1) is 21.9. The summed E-state index contributed by atoms with van der Waals surface area (Å²) in [4.78, 5) is 21.5. The number of thiophene rings is 1. The Hall–Kier alpha value is -2.42. The SMILES string of the molecule is Nc1ccc(F)cc1SCC=O.Nc1scc(-c2ccc(Cl)cc2F)c1C=O. The van der Waals surface area contributed by atoms with E-state index >= 15 is 0 Å². The summed E-state index contributed by atoms with van der Waals surface area (Å²) in [5.41, 5.74) is 12.8. The molecule has 0 amide bonds. The fraction of sp³-hybridized carbons (Fsp3) is 0.0526. The Morgan fingerprint density at radius 3 is 2.46 bits per heavy atom. The van der Waals surface area contributed by atoms with Crippen LogP contribution >= 0.6 is 34.7 Å². The van der Waals surface area contributed by atoms with E-state index < -0.39 is 5.82 Å². The smallest absolute Gasteiger partial charge is 0.153 e. The van der Waals surface area contributed by atoms with E-state index in [-0.39, 0.29) is 5.82 Å². The van der Waals surface area contributed by atoms with Gasteiger partial charge in [-0.1, -0.05) is 11.6 Å². The van der Waals surface area contributed by atoms with Crippen LogP contribution in [0.2, 0.25) is 5.02 Å². The van der Waals surface area contributed by atoms with Crippen LogP contribution in [0, 0.1) is 11.6 Å². The Morgan fingerprint density at radius 2 is 1.82 bits per heavy atom. The highest BCUT2D eigenvalue weighted by Gasteiger charge is 2.14. The minimum absolute atomic E-state index is 0.299. The van der Waals surface area contributed by atoms with Crippen LogP contribution in [0.15, 0.2) is 46.7 Å². The van der Waals surface area contributed by atoms with Gasteiger partial charge in [0.05, 0.1) is 16.3 Å². The number of anilines is 2. The molecule has 0 aliphatic rings. The number of aldehydes is 2. The number of nitrogen functional groups attached to an aromatic ring is 2. The van der Waals surface area contributed by atoms with Gasteiger partial charge in [-0.2, -0.15) is 0 Å². The molecular formula is C19H15ClF2N2O2S2. The fourth-order valence-corrected chi connectivity index (χ4v) is 3.80. The van der Waals surface area contributed by atoms with Crippen LogP contribution in [0.4, 0.5) is 19.5 Å². The minimum atomic E-state index is -0.464. The van der Waals surface area contributed by atoms with Gasteiger partial charge in [0, 0.05) is 32.1 Å². The highest BCUT2D eigenvalue weighted by Crippen LogP contribution is 2.34. The van der Waals surface area contributed by atoms with Gasteiger partial charge in [0.2, 0.25) is 0 Å². The van der Waals surface area contributed by atoms with Crippen LogP contribution < -0.4 is 11.5 Å². The summed E-state index contributed by atoms with van der Waals surface area (Å²) in [5, 5.41) is 2.36. The number of thioether (sulfide) groups is 1. The minimum Gasteiger partial charge on any atom is -0.398 e. The monoisotopic (exact) mass is 440 g/mol. The first-order chi connectivity index (χ1) is 13.4. The van der Waals surface area contributed by atoms with Crippen molar-refractivity contribution < 1.29 is 18.4 Å². The van der Waals surface area contributed by atoms with Crippen molar-refractivity contribution >= 4 is 58.0 Å². The normalized spacial score (nSPS) is 10.1. The lowest BCUT2D eigenvalue weighted by Crippen LogP contribution is -1.90. The molecule has 4 N–H and O–H groups in total. The van der Waals surface area contributed by atoms with Gasteiger partial charge in [0.25, 0.3) is 0 Å². The second-order valence-electron chi connectivity index (χ2n) is 5.33. The molecule has 3 aromatic rings. The van der Waals surface area contributed by atoms with E-state index in [1.807, 2.05) is 0 Å². The third kappa shape index (κ3) is 5.54. The summed E-state index contributed by atoms with van der Waals surface area (Å²) < 4.78 is 26.2. The molecular weight excluding hydrogens is 426 g/mol. The molecule has 0 aliphatic carbocycles. The Labute approximate surface area is 173 Å². The molecule has 1 aromatic heterocycles. The average Bonchev–Trinajstić information content (AvgIpc) is 3.03. The summed E-state index contributed by atoms with van der Waals surface area (Å²) in [6.45, 7) is 0. The predicted octanol–water partition coefficient (Wildman–Crippen LogP) is 5.30. The summed E-state index contributed by atoms with van der Waals surface area (Å²) in [6, 6.07) is 8.42. The summed E-state index contributed by atoms with van der Waals surface area (Å²) >= 11 is 8.09. The molecule has 3 rings (SSSR count). The second-order valence-corrected chi connectivity index (χ2v) is 7.74. The van der Waals surface area contributed by atoms with Gasteiger partial charge < -0.3 is 16.3 Å². The number of nitrogens with two attached hydrogens (primary N) is 2. The lowest BCUT2D eigenvalue weighted by atomic mass is 10.0. The number of hydrogen-bond donors (Lipinski definition) is 2. The van der Waals surface area contributed by atoms with E-state index in [0.29, 0.717) is 49.3 Å². The van der Waals surface area contributed by atoms with Crippen molar-refractivity contribution in [3.8, 4) is 11.1 Å². The molecule has 0 aliphatic heterocycles. The highest BCUT2D eigenvalue weighted by molar-refractivity contribution is 8.00. The predicted molar refractivity (Wildman–Crippen MR) is 112 cm³/mol. The topological polar surface area (TPSA) is 86.2 Å². The number of halogens is 3. The first-order valence-corrected chi connectivity index (χ1v) is 10.0. The third-order valence-electron chi connectivity index (χ3n) is 3.48. The molecule has 0 fully saturated rings. The van der Waals surface area contributed by atoms with Crippen molar-refractivity contribution in [2.75, 3.05) is 17.2 Å². The quantitative estimate of drug-likeness (QED) is 0.319. The van der Waals surface area contributed by atoms with Gasteiger partial charge in [-0.3, -0.25) is 4.79 Å². The third-order valence-corrected chi connectivity index (χ3v) is 5.51. The van der Waals surface area contributed by atoms with E-state index in [4.69, 9.17) is 23.1 Å². The Bertz CT molecular complexity index is 996. The van der Waals surface area contributed by atoms with Crippen LogP contribution in [0.25, 0.3) is 11.1 Å². The maximum absolute atomic E-state index is 13.6. The molecule has 146 valence electrons. The van der Waals surface area contributed by atoms with Gasteiger partial charge >= 0.3 is 0 Å². The number of carbonyl (C=O) groups is 2. The summed E-state index contributed by atoms with van der Waals surface area (Å²) in [7, 11) is 0. The molecule has 0 radical (unpaired) electrons. The maximum Gasteiger partial charge on any atom is 0.153 e. The van der Waals surface area contributed by atoms with Gasteiger partial charge in [-0.15, -0.1) is 23.1 Å². The first-order valence-electron chi connectivity index (χ1n) is 7.76. The van der Waals surface area contributed by atoms with Crippen molar-refractivity contribution in [2.24, 2.45) is 0 Å². The Balaban J connectivity index is 0.000000209. The van der Waals surface area contributed by atoms with E-state index in [9.17, 15) is 18.4 Å². The van der Waals surface area contributed by atoms with Gasteiger partial charge in [0.1, 0.15) is 17.9 Å². The van der Waals surface area contributed by atoms with Crippen LogP contribution in [-0.4, -0.2) is 18.3 Å².